The van der Waals surface area contributed by atoms with Crippen molar-refractivity contribution < 1.29 is 8.42 Å². The highest BCUT2D eigenvalue weighted by Gasteiger charge is 2.25. The van der Waals surface area contributed by atoms with Gasteiger partial charge in [0, 0.05) is 18.6 Å². The maximum atomic E-state index is 12.3. The molecule has 20 heavy (non-hydrogen) atoms. The van der Waals surface area contributed by atoms with Crippen LogP contribution in [0.2, 0.25) is 0 Å². The van der Waals surface area contributed by atoms with Crippen molar-refractivity contribution >= 4 is 10.0 Å². The van der Waals surface area contributed by atoms with Crippen molar-refractivity contribution in [2.45, 2.75) is 62.6 Å². The number of rotatable bonds is 6. The molecule has 0 radical (unpaired) electrons. The van der Waals surface area contributed by atoms with E-state index >= 15 is 0 Å². The van der Waals surface area contributed by atoms with Crippen LogP contribution in [0.15, 0.2) is 23.1 Å². The lowest BCUT2D eigenvalue weighted by Gasteiger charge is -2.26. The zero-order valence-electron chi connectivity index (χ0n) is 11.9. The van der Waals surface area contributed by atoms with E-state index in [1.807, 2.05) is 19.1 Å². The molecule has 4 nitrogen and oxygen atoms in total. The molecule has 5 heteroatoms. The van der Waals surface area contributed by atoms with Crippen LogP contribution in [0.4, 0.5) is 0 Å². The number of hydrogen-bond donors (Lipinski definition) is 2. The Hall–Kier alpha value is -0.910. The lowest BCUT2D eigenvalue weighted by Crippen LogP contribution is -2.39. The van der Waals surface area contributed by atoms with Crippen LogP contribution < -0.4 is 10.0 Å². The number of sulfonamides is 1. The lowest BCUT2D eigenvalue weighted by atomic mass is 9.94. The molecule has 2 N–H and O–H groups in total. The summed E-state index contributed by atoms with van der Waals surface area (Å²) < 4.78 is 27.4. The van der Waals surface area contributed by atoms with Crippen molar-refractivity contribution in [1.29, 1.82) is 0 Å². The topological polar surface area (TPSA) is 58.2 Å². The van der Waals surface area contributed by atoms with Crippen LogP contribution in [0.25, 0.3) is 0 Å². The van der Waals surface area contributed by atoms with Crippen molar-refractivity contribution in [3.8, 4) is 0 Å². The molecule has 0 atom stereocenters. The summed E-state index contributed by atoms with van der Waals surface area (Å²) in [5, 5.41) is 3.44. The normalized spacial score (nSPS) is 19.9. The van der Waals surface area contributed by atoms with E-state index < -0.39 is 10.0 Å². The quantitative estimate of drug-likeness (QED) is 0.844. The summed E-state index contributed by atoms with van der Waals surface area (Å²) in [4.78, 5) is 0.391. The molecule has 0 heterocycles. The van der Waals surface area contributed by atoms with Gasteiger partial charge in [0.15, 0.2) is 0 Å². The SMILES string of the molecule is Cc1ccc(S(=O)(=O)NC2CCC2)cc1CNC1CC1. The Morgan fingerprint density at radius 1 is 1.15 bits per heavy atom. The van der Waals surface area contributed by atoms with Gasteiger partial charge in [0.25, 0.3) is 0 Å². The highest BCUT2D eigenvalue weighted by Crippen LogP contribution is 2.23. The summed E-state index contributed by atoms with van der Waals surface area (Å²) in [6.45, 7) is 2.78. The number of aryl methyl sites for hydroxylation is 1. The van der Waals surface area contributed by atoms with Gasteiger partial charge >= 0.3 is 0 Å². The predicted octanol–water partition coefficient (Wildman–Crippen LogP) is 2.08. The van der Waals surface area contributed by atoms with E-state index in [0.29, 0.717) is 10.9 Å². The van der Waals surface area contributed by atoms with Crippen molar-refractivity contribution in [1.82, 2.24) is 10.0 Å². The molecule has 2 aliphatic rings. The molecule has 2 saturated carbocycles. The van der Waals surface area contributed by atoms with Crippen LogP contribution in [0, 0.1) is 6.92 Å². The van der Waals surface area contributed by atoms with Gasteiger partial charge < -0.3 is 5.32 Å². The van der Waals surface area contributed by atoms with Gasteiger partial charge in [-0.15, -0.1) is 0 Å². The molecule has 0 saturated heterocycles. The molecule has 0 unspecified atom stereocenters. The van der Waals surface area contributed by atoms with Gasteiger partial charge in [0.2, 0.25) is 10.0 Å². The van der Waals surface area contributed by atoms with E-state index in [4.69, 9.17) is 0 Å². The van der Waals surface area contributed by atoms with E-state index in [0.717, 1.165) is 36.9 Å². The summed E-state index contributed by atoms with van der Waals surface area (Å²) in [5.41, 5.74) is 2.22. The fourth-order valence-corrected chi connectivity index (χ4v) is 3.72. The van der Waals surface area contributed by atoms with Gasteiger partial charge in [-0.1, -0.05) is 12.5 Å². The van der Waals surface area contributed by atoms with E-state index in [9.17, 15) is 8.42 Å². The molecule has 0 amide bonds. The smallest absolute Gasteiger partial charge is 0.240 e. The van der Waals surface area contributed by atoms with Gasteiger partial charge in [-0.05, 0) is 55.9 Å². The molecular formula is C15H22N2O2S. The first kappa shape index (κ1) is 14.0. The summed E-state index contributed by atoms with van der Waals surface area (Å²) in [5.74, 6) is 0. The molecular weight excluding hydrogens is 272 g/mol. The Kier molecular flexibility index (Phi) is 3.84. The van der Waals surface area contributed by atoms with Gasteiger partial charge in [-0.3, -0.25) is 0 Å². The maximum Gasteiger partial charge on any atom is 0.240 e. The Labute approximate surface area is 121 Å². The minimum Gasteiger partial charge on any atom is -0.310 e. The molecule has 1 aromatic rings. The highest BCUT2D eigenvalue weighted by atomic mass is 32.2. The standard InChI is InChI=1S/C15H22N2O2S/c1-11-5-8-15(9-12(11)10-16-13-6-7-13)20(18,19)17-14-3-2-4-14/h5,8-9,13-14,16-17H,2-4,6-7,10H2,1H3. The zero-order valence-corrected chi connectivity index (χ0v) is 12.7. The third-order valence-corrected chi connectivity index (χ3v) is 5.73. The molecule has 1 aromatic carbocycles. The molecule has 2 aliphatic carbocycles. The monoisotopic (exact) mass is 294 g/mol. The minimum atomic E-state index is -3.36. The van der Waals surface area contributed by atoms with Gasteiger partial charge in [-0.2, -0.15) is 0 Å². The van der Waals surface area contributed by atoms with Gasteiger partial charge in [0.05, 0.1) is 4.90 Å². The third-order valence-electron chi connectivity index (χ3n) is 4.22. The predicted molar refractivity (Wildman–Crippen MR) is 79.0 cm³/mol. The molecule has 0 bridgehead atoms. The highest BCUT2D eigenvalue weighted by molar-refractivity contribution is 7.89. The third kappa shape index (κ3) is 3.22. The fourth-order valence-electron chi connectivity index (χ4n) is 2.36. The van der Waals surface area contributed by atoms with Gasteiger partial charge in [0.1, 0.15) is 0 Å². The zero-order chi connectivity index (χ0) is 14.2. The first-order valence-corrected chi connectivity index (χ1v) is 8.88. The lowest BCUT2D eigenvalue weighted by molar-refractivity contribution is 0.383. The second-order valence-corrected chi connectivity index (χ2v) is 7.71. The molecule has 0 aromatic heterocycles. The average Bonchev–Trinajstić information content (AvgIpc) is 3.17. The minimum absolute atomic E-state index is 0.134. The average molecular weight is 294 g/mol. The van der Waals surface area contributed by atoms with Crippen molar-refractivity contribution in [2.24, 2.45) is 0 Å². The fraction of sp³-hybridized carbons (Fsp3) is 0.600. The molecule has 3 rings (SSSR count). The summed E-state index contributed by atoms with van der Waals surface area (Å²) >= 11 is 0. The van der Waals surface area contributed by atoms with Crippen LogP contribution in [0.1, 0.15) is 43.2 Å². The van der Waals surface area contributed by atoms with Crippen molar-refractivity contribution in [3.05, 3.63) is 29.3 Å². The molecule has 0 aliphatic heterocycles. The Balaban J connectivity index is 1.75. The van der Waals surface area contributed by atoms with E-state index in [1.165, 1.54) is 12.8 Å². The first-order valence-electron chi connectivity index (χ1n) is 7.40. The number of nitrogens with one attached hydrogen (secondary N) is 2. The summed E-state index contributed by atoms with van der Waals surface area (Å²) in [6, 6.07) is 6.18. The largest absolute Gasteiger partial charge is 0.310 e. The van der Waals surface area contributed by atoms with E-state index in [1.54, 1.807) is 6.07 Å². The second-order valence-electron chi connectivity index (χ2n) is 5.99. The Morgan fingerprint density at radius 3 is 2.50 bits per heavy atom. The van der Waals surface area contributed by atoms with Crippen molar-refractivity contribution in [3.63, 3.8) is 0 Å². The van der Waals surface area contributed by atoms with Gasteiger partial charge in [-0.25, -0.2) is 13.1 Å². The number of hydrogen-bond acceptors (Lipinski definition) is 3. The summed E-state index contributed by atoms with van der Waals surface area (Å²) in [6.07, 6.45) is 5.51. The Bertz CT molecular complexity index is 590. The van der Waals surface area contributed by atoms with Crippen LogP contribution in [-0.4, -0.2) is 20.5 Å². The molecule has 0 spiro atoms. The van der Waals surface area contributed by atoms with Crippen LogP contribution in [0.3, 0.4) is 0 Å². The molecule has 110 valence electrons. The second kappa shape index (κ2) is 5.47. The number of benzene rings is 1. The van der Waals surface area contributed by atoms with Crippen LogP contribution in [-0.2, 0) is 16.6 Å². The Morgan fingerprint density at radius 2 is 1.90 bits per heavy atom. The first-order chi connectivity index (χ1) is 9.54. The van der Waals surface area contributed by atoms with E-state index in [2.05, 4.69) is 10.0 Å². The maximum absolute atomic E-state index is 12.3. The van der Waals surface area contributed by atoms with E-state index in [-0.39, 0.29) is 6.04 Å². The van der Waals surface area contributed by atoms with Crippen molar-refractivity contribution in [2.75, 3.05) is 0 Å². The van der Waals surface area contributed by atoms with Crippen LogP contribution >= 0.6 is 0 Å². The molecule has 2 fully saturated rings. The summed E-state index contributed by atoms with van der Waals surface area (Å²) in [7, 11) is -3.36. The van der Waals surface area contributed by atoms with Crippen LogP contribution in [0.5, 0.6) is 0 Å².